The molecule has 182 valence electrons. The van der Waals surface area contributed by atoms with Crippen LogP contribution in [0.2, 0.25) is 5.02 Å². The molecule has 4 atom stereocenters. The van der Waals surface area contributed by atoms with E-state index in [1.54, 1.807) is 0 Å². The zero-order valence-electron chi connectivity index (χ0n) is 18.8. The third-order valence-electron chi connectivity index (χ3n) is 6.10. The molecule has 0 amide bonds. The fourth-order valence-corrected chi connectivity index (χ4v) is 5.48. The maximum Gasteiger partial charge on any atom is 0.240 e. The Labute approximate surface area is 198 Å². The minimum atomic E-state index is -3.95. The molecule has 33 heavy (non-hydrogen) atoms. The minimum absolute atomic E-state index is 0.00841. The van der Waals surface area contributed by atoms with Crippen LogP contribution in [-0.2, 0) is 24.2 Å². The van der Waals surface area contributed by atoms with Gasteiger partial charge < -0.3 is 14.2 Å². The van der Waals surface area contributed by atoms with E-state index in [-0.39, 0.29) is 30.0 Å². The number of methoxy groups -OCH3 is 1. The smallest absolute Gasteiger partial charge is 0.240 e. The average Bonchev–Trinajstić information content (AvgIpc) is 3.41. The Hall–Kier alpha value is -1.86. The molecule has 0 spiro atoms. The van der Waals surface area contributed by atoms with Crippen molar-refractivity contribution in [1.82, 2.24) is 24.7 Å². The molecule has 2 aromatic heterocycles. The molecule has 1 N–H and O–H groups in total. The second kappa shape index (κ2) is 10.2. The first-order chi connectivity index (χ1) is 15.8. The highest BCUT2D eigenvalue weighted by Gasteiger charge is 2.37. The summed E-state index contributed by atoms with van der Waals surface area (Å²) in [6, 6.07) is 0.00841. The number of hydrogen-bond donors (Lipinski definition) is 1. The lowest BCUT2D eigenvalue weighted by Gasteiger charge is -2.28. The van der Waals surface area contributed by atoms with Gasteiger partial charge in [-0.05, 0) is 39.5 Å². The van der Waals surface area contributed by atoms with Crippen LogP contribution in [0, 0.1) is 0 Å². The van der Waals surface area contributed by atoms with Crippen LogP contribution in [0.1, 0.15) is 69.4 Å². The first kappa shape index (κ1) is 24.3. The summed E-state index contributed by atoms with van der Waals surface area (Å²) >= 11 is 5.86. The second-order valence-corrected chi connectivity index (χ2v) is 10.9. The van der Waals surface area contributed by atoms with E-state index in [1.807, 2.05) is 11.5 Å². The Balaban J connectivity index is 1.62. The van der Waals surface area contributed by atoms with E-state index >= 15 is 0 Å². The fraction of sp³-hybridized carbons (Fsp3) is 0.700. The molecule has 2 saturated heterocycles. The number of nitrogens with one attached hydrogen (secondary N) is 1. The van der Waals surface area contributed by atoms with Crippen molar-refractivity contribution in [2.45, 2.75) is 69.1 Å². The predicted octanol–water partition coefficient (Wildman–Crippen LogP) is 2.83. The Morgan fingerprint density at radius 3 is 2.48 bits per heavy atom. The van der Waals surface area contributed by atoms with Crippen molar-refractivity contribution >= 4 is 27.6 Å². The fourth-order valence-electron chi connectivity index (χ4n) is 4.25. The quantitative estimate of drug-likeness (QED) is 0.581. The molecular weight excluding hydrogens is 472 g/mol. The van der Waals surface area contributed by atoms with Gasteiger partial charge in [0.1, 0.15) is 17.5 Å². The van der Waals surface area contributed by atoms with Crippen LogP contribution in [0.4, 0.5) is 5.95 Å². The molecule has 0 aromatic carbocycles. The van der Waals surface area contributed by atoms with Crippen molar-refractivity contribution in [3.63, 3.8) is 0 Å². The van der Waals surface area contributed by atoms with Gasteiger partial charge in [-0.3, -0.25) is 9.29 Å². The summed E-state index contributed by atoms with van der Waals surface area (Å²) < 4.78 is 48.2. The molecule has 2 aromatic rings. The number of halogens is 1. The number of anilines is 1. The van der Waals surface area contributed by atoms with Crippen LogP contribution < -0.4 is 4.72 Å². The third kappa shape index (κ3) is 5.29. The Morgan fingerprint density at radius 2 is 1.88 bits per heavy atom. The van der Waals surface area contributed by atoms with Crippen molar-refractivity contribution in [1.29, 1.82) is 0 Å². The van der Waals surface area contributed by atoms with Crippen LogP contribution in [0.15, 0.2) is 12.4 Å². The highest BCUT2D eigenvalue weighted by Crippen LogP contribution is 2.36. The lowest BCUT2D eigenvalue weighted by atomic mass is 10.1. The van der Waals surface area contributed by atoms with E-state index in [0.717, 1.165) is 25.7 Å². The van der Waals surface area contributed by atoms with Gasteiger partial charge in [0.05, 0.1) is 11.1 Å². The first-order valence-electron chi connectivity index (χ1n) is 11.0. The number of hydrogen-bond acceptors (Lipinski definition) is 9. The van der Waals surface area contributed by atoms with Crippen LogP contribution >= 0.6 is 11.6 Å². The Kier molecular flexibility index (Phi) is 7.49. The van der Waals surface area contributed by atoms with Gasteiger partial charge in [-0.15, -0.1) is 10.2 Å². The summed E-state index contributed by atoms with van der Waals surface area (Å²) in [5, 5.41) is 7.88. The lowest BCUT2D eigenvalue weighted by molar-refractivity contribution is 0.0397. The van der Waals surface area contributed by atoms with Crippen molar-refractivity contribution in [3.05, 3.63) is 29.1 Å². The first-order valence-corrected chi connectivity index (χ1v) is 12.9. The van der Waals surface area contributed by atoms with Gasteiger partial charge >= 0.3 is 0 Å². The number of aromatic nitrogens is 5. The monoisotopic (exact) mass is 500 g/mol. The molecule has 2 unspecified atom stereocenters. The molecule has 0 radical (unpaired) electrons. The van der Waals surface area contributed by atoms with E-state index in [9.17, 15) is 8.42 Å². The largest absolute Gasteiger partial charge is 0.381 e. The number of nitrogens with zero attached hydrogens (tertiary/aromatic N) is 5. The molecule has 2 fully saturated rings. The number of sulfonamides is 1. The van der Waals surface area contributed by atoms with E-state index in [4.69, 9.17) is 25.8 Å². The summed E-state index contributed by atoms with van der Waals surface area (Å²) in [6.45, 7) is 4.73. The predicted molar refractivity (Wildman–Crippen MR) is 120 cm³/mol. The van der Waals surface area contributed by atoms with Gasteiger partial charge in [0.25, 0.3) is 0 Å². The highest BCUT2D eigenvalue weighted by molar-refractivity contribution is 7.93. The summed E-state index contributed by atoms with van der Waals surface area (Å²) in [7, 11) is -2.54. The molecule has 2 aliphatic rings. The van der Waals surface area contributed by atoms with Crippen molar-refractivity contribution < 1.29 is 22.6 Å². The molecular formula is C20H29ClN6O5S. The number of rotatable bonds is 8. The van der Waals surface area contributed by atoms with Crippen molar-refractivity contribution in [2.75, 3.05) is 25.0 Å². The van der Waals surface area contributed by atoms with Gasteiger partial charge in [-0.1, -0.05) is 11.6 Å². The molecule has 0 aliphatic carbocycles. The molecule has 0 saturated carbocycles. The molecule has 0 bridgehead atoms. The SMILES string of the molecule is COC(c1ncc(Cl)cn1)C(C)S(=O)(=O)Nc1nnc([C@H]2CC[C@@H](C)O2)n1C1CCOCC1. The van der Waals surface area contributed by atoms with Gasteiger partial charge in [-0.25, -0.2) is 18.4 Å². The molecule has 13 heteroatoms. The van der Waals surface area contributed by atoms with E-state index in [0.29, 0.717) is 24.1 Å². The van der Waals surface area contributed by atoms with Crippen LogP contribution in [-0.4, -0.2) is 64.8 Å². The molecule has 11 nitrogen and oxygen atoms in total. The summed E-state index contributed by atoms with van der Waals surface area (Å²) in [5.41, 5.74) is 0. The lowest BCUT2D eigenvalue weighted by Crippen LogP contribution is -2.34. The van der Waals surface area contributed by atoms with E-state index in [1.165, 1.54) is 26.4 Å². The molecule has 2 aliphatic heterocycles. The normalized spacial score (nSPS) is 24.0. The minimum Gasteiger partial charge on any atom is -0.381 e. The van der Waals surface area contributed by atoms with Crippen LogP contribution in [0.5, 0.6) is 0 Å². The summed E-state index contributed by atoms with van der Waals surface area (Å²) in [5.74, 6) is 1.03. The average molecular weight is 501 g/mol. The van der Waals surface area contributed by atoms with E-state index < -0.39 is 21.4 Å². The van der Waals surface area contributed by atoms with Crippen LogP contribution in [0.25, 0.3) is 0 Å². The second-order valence-electron chi connectivity index (χ2n) is 8.38. The molecule has 4 rings (SSSR count). The van der Waals surface area contributed by atoms with Gasteiger partial charge in [0.2, 0.25) is 16.0 Å². The van der Waals surface area contributed by atoms with Crippen molar-refractivity contribution in [3.8, 4) is 0 Å². The van der Waals surface area contributed by atoms with Crippen LogP contribution in [0.3, 0.4) is 0 Å². The Morgan fingerprint density at radius 1 is 1.18 bits per heavy atom. The topological polar surface area (TPSA) is 130 Å². The van der Waals surface area contributed by atoms with Gasteiger partial charge in [0, 0.05) is 38.8 Å². The standard InChI is InChI=1S/C20H29ClN6O5S/c1-12-4-5-16(32-12)19-24-25-20(27(19)15-6-8-31-9-7-15)26-33(28,29)13(2)17(30-3)18-22-10-14(21)11-23-18/h10-13,15-17H,4-9H2,1-3H3,(H,25,26)/t12-,13?,16-,17?/m1/s1. The van der Waals surface area contributed by atoms with Crippen molar-refractivity contribution in [2.24, 2.45) is 0 Å². The van der Waals surface area contributed by atoms with Gasteiger partial charge in [-0.2, -0.15) is 0 Å². The zero-order valence-corrected chi connectivity index (χ0v) is 20.4. The van der Waals surface area contributed by atoms with Gasteiger partial charge in [0.15, 0.2) is 11.6 Å². The maximum atomic E-state index is 13.3. The third-order valence-corrected chi connectivity index (χ3v) is 7.98. The zero-order chi connectivity index (χ0) is 23.6. The van der Waals surface area contributed by atoms with E-state index in [2.05, 4.69) is 24.9 Å². The molecule has 4 heterocycles. The maximum absolute atomic E-state index is 13.3. The summed E-state index contributed by atoms with van der Waals surface area (Å²) in [6.07, 6.45) is 4.99. The Bertz CT molecular complexity index is 1040. The highest BCUT2D eigenvalue weighted by atomic mass is 35.5. The number of ether oxygens (including phenoxy) is 3. The summed E-state index contributed by atoms with van der Waals surface area (Å²) in [4.78, 5) is 8.24.